The molecule has 6 unspecified atom stereocenters. The maximum absolute atomic E-state index is 13.9. The first kappa shape index (κ1) is 27.7. The summed E-state index contributed by atoms with van der Waals surface area (Å²) in [6.45, 7) is 2.17. The van der Waals surface area contributed by atoms with Crippen LogP contribution in [0.4, 0.5) is 13.2 Å². The number of benzene rings is 3. The van der Waals surface area contributed by atoms with E-state index in [1.807, 2.05) is 37.3 Å². The Morgan fingerprint density at radius 2 is 1.71 bits per heavy atom. The summed E-state index contributed by atoms with van der Waals surface area (Å²) in [7, 11) is -3.65. The Labute approximate surface area is 243 Å². The normalized spacial score (nSPS) is 32.1. The quantitative estimate of drug-likeness (QED) is 0.385. The molecule has 4 aliphatic heterocycles. The summed E-state index contributed by atoms with van der Waals surface area (Å²) < 4.78 is 84.8. The minimum Gasteiger partial charge on any atom is -0.490 e. The van der Waals surface area contributed by atoms with Gasteiger partial charge in [-0.3, -0.25) is 0 Å². The van der Waals surface area contributed by atoms with E-state index in [4.69, 9.17) is 9.47 Å². The second-order valence-corrected chi connectivity index (χ2v) is 14.2. The first-order chi connectivity index (χ1) is 20.0. The molecule has 7 rings (SSSR count). The second kappa shape index (κ2) is 9.72. The van der Waals surface area contributed by atoms with Gasteiger partial charge in [-0.1, -0.05) is 48.5 Å². The van der Waals surface area contributed by atoms with Crippen LogP contribution in [0.2, 0.25) is 0 Å². The number of alkyl halides is 3. The molecule has 3 aromatic carbocycles. The van der Waals surface area contributed by atoms with Gasteiger partial charge in [-0.05, 0) is 62.4 Å². The zero-order valence-corrected chi connectivity index (χ0v) is 23.9. The van der Waals surface area contributed by atoms with E-state index in [1.54, 1.807) is 30.3 Å². The molecule has 6 atom stereocenters. The van der Waals surface area contributed by atoms with E-state index in [0.29, 0.717) is 53.9 Å². The highest BCUT2D eigenvalue weighted by atomic mass is 32.2. The average molecular weight is 600 g/mol. The van der Waals surface area contributed by atoms with E-state index in [2.05, 4.69) is 10.1 Å². The summed E-state index contributed by atoms with van der Waals surface area (Å²) in [4.78, 5) is 0.301. The van der Waals surface area contributed by atoms with Crippen LogP contribution in [0.5, 0.6) is 11.5 Å². The highest BCUT2D eigenvalue weighted by Gasteiger charge is 2.66. The number of rotatable bonds is 5. The molecule has 222 valence electrons. The fraction of sp³-hybridized carbons (Fsp3) is 0.438. The van der Waals surface area contributed by atoms with Gasteiger partial charge in [0.1, 0.15) is 17.6 Å². The molecule has 0 radical (unpaired) electrons. The van der Waals surface area contributed by atoms with Crippen molar-refractivity contribution < 1.29 is 35.8 Å². The Morgan fingerprint density at radius 3 is 2.43 bits per heavy atom. The van der Waals surface area contributed by atoms with Crippen molar-refractivity contribution in [3.63, 3.8) is 0 Å². The number of sulfone groups is 1. The van der Waals surface area contributed by atoms with Gasteiger partial charge in [0.2, 0.25) is 0 Å². The van der Waals surface area contributed by atoms with Crippen LogP contribution in [0.1, 0.15) is 55.2 Å². The van der Waals surface area contributed by atoms with Gasteiger partial charge in [-0.2, -0.15) is 0 Å². The highest BCUT2D eigenvalue weighted by molar-refractivity contribution is 7.92. The maximum atomic E-state index is 13.9. The summed E-state index contributed by atoms with van der Waals surface area (Å²) in [6.07, 6.45) is -2.44. The number of fused-ring (bicyclic) bond motifs is 4. The van der Waals surface area contributed by atoms with Gasteiger partial charge in [0.25, 0.3) is 0 Å². The molecule has 4 aliphatic rings. The molecular weight excluding hydrogens is 567 g/mol. The molecular formula is C32H32F3NO5S. The molecule has 0 aliphatic carbocycles. The van der Waals surface area contributed by atoms with Gasteiger partial charge >= 0.3 is 6.36 Å². The van der Waals surface area contributed by atoms with Crippen LogP contribution >= 0.6 is 0 Å². The predicted octanol–water partition coefficient (Wildman–Crippen LogP) is 6.05. The van der Waals surface area contributed by atoms with E-state index < -0.39 is 32.6 Å². The summed E-state index contributed by atoms with van der Waals surface area (Å²) in [6, 6.07) is 20.9. The van der Waals surface area contributed by atoms with Crippen molar-refractivity contribution in [2.45, 2.75) is 84.7 Å². The minimum absolute atomic E-state index is 0.164. The van der Waals surface area contributed by atoms with Crippen molar-refractivity contribution in [2.75, 3.05) is 6.61 Å². The van der Waals surface area contributed by atoms with Crippen molar-refractivity contribution in [3.05, 3.63) is 89.5 Å². The maximum Gasteiger partial charge on any atom is 0.573 e. The number of hydrogen-bond acceptors (Lipinski definition) is 6. The molecule has 0 amide bonds. The summed E-state index contributed by atoms with van der Waals surface area (Å²) in [5.41, 5.74) is 0.717. The Bertz CT molecular complexity index is 1600. The second-order valence-electron chi connectivity index (χ2n) is 12.0. The number of halogens is 3. The molecule has 4 heterocycles. The third-order valence-electron chi connectivity index (χ3n) is 9.57. The molecule has 10 heteroatoms. The van der Waals surface area contributed by atoms with Gasteiger partial charge in [0.05, 0.1) is 27.9 Å². The topological polar surface area (TPSA) is 73.9 Å². The van der Waals surface area contributed by atoms with Crippen LogP contribution in [0.25, 0.3) is 0 Å². The zero-order chi connectivity index (χ0) is 29.3. The Balaban J connectivity index is 1.28. The molecule has 0 aromatic heterocycles. The van der Waals surface area contributed by atoms with E-state index in [9.17, 15) is 21.6 Å². The lowest BCUT2D eigenvalue weighted by molar-refractivity contribution is -0.274. The Morgan fingerprint density at radius 1 is 1.00 bits per heavy atom. The SMILES string of the molecule is CC1Cc2cc(OC(F)(F)F)cc(C3COC4(CCC5NC4(c4ccccc4)CC5S(=O)(=O)c4ccccc4)C3)c2O1. The zero-order valence-electron chi connectivity index (χ0n) is 23.1. The van der Waals surface area contributed by atoms with Crippen molar-refractivity contribution in [1.82, 2.24) is 5.32 Å². The fourth-order valence-corrected chi connectivity index (χ4v) is 9.85. The molecule has 2 bridgehead atoms. The van der Waals surface area contributed by atoms with Crippen molar-refractivity contribution in [2.24, 2.45) is 0 Å². The van der Waals surface area contributed by atoms with Gasteiger partial charge in [0.15, 0.2) is 9.84 Å². The Kier molecular flexibility index (Phi) is 6.42. The van der Waals surface area contributed by atoms with E-state index in [1.165, 1.54) is 12.1 Å². The molecule has 3 saturated heterocycles. The van der Waals surface area contributed by atoms with Crippen molar-refractivity contribution >= 4 is 9.84 Å². The number of nitrogens with one attached hydrogen (secondary N) is 1. The summed E-state index contributed by atoms with van der Waals surface area (Å²) in [5, 5.41) is 3.09. The van der Waals surface area contributed by atoms with Crippen LogP contribution < -0.4 is 14.8 Å². The number of ether oxygens (including phenoxy) is 3. The summed E-state index contributed by atoms with van der Waals surface area (Å²) in [5.74, 6) is 0.0861. The molecule has 1 spiro atoms. The third-order valence-corrected chi connectivity index (χ3v) is 11.8. The largest absolute Gasteiger partial charge is 0.573 e. The van der Waals surface area contributed by atoms with Crippen LogP contribution in [0.15, 0.2) is 77.7 Å². The molecule has 3 aromatic rings. The van der Waals surface area contributed by atoms with E-state index in [-0.39, 0.29) is 30.4 Å². The molecule has 42 heavy (non-hydrogen) atoms. The standard InChI is InChI=1S/C32H32F3NO5S/c1-20-14-21-15-24(41-32(33,34)35)16-26(29(21)40-20)22-17-30(39-19-22)13-12-27-28(42(37,38)25-10-6-3-7-11-25)18-31(30,36-27)23-8-4-2-5-9-23/h2-11,15-16,20,22,27-28,36H,12-14,17-19H2,1H3. The van der Waals surface area contributed by atoms with Crippen molar-refractivity contribution in [1.29, 1.82) is 0 Å². The highest BCUT2D eigenvalue weighted by Crippen LogP contribution is 2.59. The van der Waals surface area contributed by atoms with Crippen LogP contribution in [0, 0.1) is 0 Å². The molecule has 6 nitrogen and oxygen atoms in total. The lowest BCUT2D eigenvalue weighted by Crippen LogP contribution is -2.62. The predicted molar refractivity (Wildman–Crippen MR) is 149 cm³/mol. The monoisotopic (exact) mass is 599 g/mol. The number of hydrogen-bond donors (Lipinski definition) is 1. The van der Waals surface area contributed by atoms with Crippen LogP contribution in [-0.2, 0) is 26.5 Å². The molecule has 3 fully saturated rings. The van der Waals surface area contributed by atoms with Crippen LogP contribution in [0.3, 0.4) is 0 Å². The van der Waals surface area contributed by atoms with Crippen LogP contribution in [-0.4, -0.2) is 44.4 Å². The molecule has 0 saturated carbocycles. The first-order valence-corrected chi connectivity index (χ1v) is 15.9. The molecule has 1 N–H and O–H groups in total. The lowest BCUT2D eigenvalue weighted by Gasteiger charge is -2.50. The average Bonchev–Trinajstić information content (AvgIpc) is 3.65. The third kappa shape index (κ3) is 4.41. The van der Waals surface area contributed by atoms with E-state index in [0.717, 1.165) is 5.56 Å². The smallest absolute Gasteiger partial charge is 0.490 e. The van der Waals surface area contributed by atoms with Crippen molar-refractivity contribution in [3.8, 4) is 11.5 Å². The Hall–Kier alpha value is -3.08. The van der Waals surface area contributed by atoms with Gasteiger partial charge in [-0.15, -0.1) is 13.2 Å². The summed E-state index contributed by atoms with van der Waals surface area (Å²) >= 11 is 0. The number of piperidine rings is 1. The van der Waals surface area contributed by atoms with E-state index >= 15 is 0 Å². The van der Waals surface area contributed by atoms with Gasteiger partial charge < -0.3 is 19.5 Å². The van der Waals surface area contributed by atoms with Gasteiger partial charge in [-0.25, -0.2) is 8.42 Å². The lowest BCUT2D eigenvalue weighted by atomic mass is 9.67. The van der Waals surface area contributed by atoms with Gasteiger partial charge in [0, 0.05) is 29.5 Å². The minimum atomic E-state index is -4.81. The first-order valence-electron chi connectivity index (χ1n) is 14.4. The fourth-order valence-electron chi connectivity index (χ4n) is 7.86.